The highest BCUT2D eigenvalue weighted by atomic mass is 15.2. The maximum atomic E-state index is 5.88. The van der Waals surface area contributed by atoms with Gasteiger partial charge in [-0.1, -0.05) is 32.9 Å². The maximum Gasteiger partial charge on any atom is 0.222 e. The summed E-state index contributed by atoms with van der Waals surface area (Å²) in [6.07, 6.45) is 2.42. The van der Waals surface area contributed by atoms with E-state index < -0.39 is 0 Å². The molecule has 21 heavy (non-hydrogen) atoms. The third kappa shape index (κ3) is 2.80. The summed E-state index contributed by atoms with van der Waals surface area (Å²) in [5.41, 5.74) is 7.20. The molecule has 1 aliphatic rings. The van der Waals surface area contributed by atoms with Gasteiger partial charge in [-0.05, 0) is 36.3 Å². The zero-order valence-corrected chi connectivity index (χ0v) is 13.1. The lowest BCUT2D eigenvalue weighted by atomic mass is 9.75. The number of aromatic nitrogens is 2. The number of para-hydroxylation sites is 1. The molecule has 112 valence electrons. The van der Waals surface area contributed by atoms with Crippen LogP contribution in [0.15, 0.2) is 24.3 Å². The number of hydrogen-bond acceptors (Lipinski definition) is 4. The fourth-order valence-electron chi connectivity index (χ4n) is 3.28. The Morgan fingerprint density at radius 2 is 1.76 bits per heavy atom. The molecule has 0 atom stereocenters. The zero-order valence-electron chi connectivity index (χ0n) is 13.1. The van der Waals surface area contributed by atoms with Crippen molar-refractivity contribution in [3.8, 4) is 0 Å². The Hall–Kier alpha value is -1.84. The molecule has 0 spiro atoms. The van der Waals surface area contributed by atoms with Gasteiger partial charge in [-0.2, -0.15) is 4.98 Å². The van der Waals surface area contributed by atoms with Crippen molar-refractivity contribution in [2.45, 2.75) is 33.6 Å². The highest BCUT2D eigenvalue weighted by Gasteiger charge is 2.29. The van der Waals surface area contributed by atoms with E-state index in [1.165, 1.54) is 12.8 Å². The zero-order chi connectivity index (χ0) is 15.0. The number of fused-ring (bicyclic) bond motifs is 1. The molecule has 2 heterocycles. The number of benzene rings is 1. The number of nitrogen functional groups attached to an aromatic ring is 1. The normalized spacial score (nSPS) is 17.4. The van der Waals surface area contributed by atoms with Crippen LogP contribution in [0.2, 0.25) is 0 Å². The van der Waals surface area contributed by atoms with Crippen molar-refractivity contribution >= 4 is 22.7 Å². The number of piperidine rings is 1. The van der Waals surface area contributed by atoms with E-state index in [1.807, 2.05) is 18.2 Å². The molecule has 3 rings (SSSR count). The van der Waals surface area contributed by atoms with Gasteiger partial charge >= 0.3 is 0 Å². The molecule has 0 unspecified atom stereocenters. The van der Waals surface area contributed by atoms with Gasteiger partial charge in [-0.25, -0.2) is 4.98 Å². The van der Waals surface area contributed by atoms with E-state index in [-0.39, 0.29) is 0 Å². The molecule has 1 saturated heterocycles. The molecule has 0 bridgehead atoms. The third-order valence-electron chi connectivity index (χ3n) is 4.62. The van der Waals surface area contributed by atoms with Crippen LogP contribution in [-0.4, -0.2) is 23.1 Å². The molecule has 0 saturated carbocycles. The minimum Gasteiger partial charge on any atom is -0.368 e. The van der Waals surface area contributed by atoms with Crippen molar-refractivity contribution in [2.24, 2.45) is 11.3 Å². The minimum atomic E-state index is 0.363. The summed E-state index contributed by atoms with van der Waals surface area (Å²) in [6.45, 7) is 9.10. The van der Waals surface area contributed by atoms with Crippen LogP contribution in [0.1, 0.15) is 33.6 Å². The van der Waals surface area contributed by atoms with Crippen LogP contribution in [0.25, 0.3) is 10.9 Å². The topological polar surface area (TPSA) is 55.0 Å². The predicted octanol–water partition coefficient (Wildman–Crippen LogP) is 3.47. The van der Waals surface area contributed by atoms with Crippen molar-refractivity contribution in [1.29, 1.82) is 0 Å². The fraction of sp³-hybridized carbons (Fsp3) is 0.529. The van der Waals surface area contributed by atoms with Gasteiger partial charge in [0.05, 0.1) is 5.52 Å². The lowest BCUT2D eigenvalue weighted by Gasteiger charge is -2.39. The first-order valence-electron chi connectivity index (χ1n) is 7.72. The highest BCUT2D eigenvalue weighted by molar-refractivity contribution is 5.90. The minimum absolute atomic E-state index is 0.363. The Labute approximate surface area is 126 Å². The van der Waals surface area contributed by atoms with Gasteiger partial charge in [-0.3, -0.25) is 0 Å². The van der Waals surface area contributed by atoms with Gasteiger partial charge < -0.3 is 10.6 Å². The highest BCUT2D eigenvalue weighted by Crippen LogP contribution is 2.36. The van der Waals surface area contributed by atoms with Crippen molar-refractivity contribution in [1.82, 2.24) is 9.97 Å². The first-order valence-corrected chi connectivity index (χ1v) is 7.72. The molecule has 1 aromatic heterocycles. The van der Waals surface area contributed by atoms with Crippen LogP contribution >= 0.6 is 0 Å². The predicted molar refractivity (Wildman–Crippen MR) is 88.3 cm³/mol. The first-order chi connectivity index (χ1) is 9.95. The molecule has 2 aromatic rings. The van der Waals surface area contributed by atoms with Gasteiger partial charge in [0, 0.05) is 18.5 Å². The molecule has 1 fully saturated rings. The second-order valence-electron chi connectivity index (χ2n) is 7.05. The average Bonchev–Trinajstić information content (AvgIpc) is 2.45. The largest absolute Gasteiger partial charge is 0.368 e. The molecular weight excluding hydrogens is 260 g/mol. The SMILES string of the molecule is CC(C)(C)C1CCN(c2nc(N)nc3ccccc23)CC1. The van der Waals surface area contributed by atoms with Gasteiger partial charge in [0.15, 0.2) is 0 Å². The first kappa shape index (κ1) is 14.1. The summed E-state index contributed by atoms with van der Waals surface area (Å²) in [5, 5.41) is 1.10. The van der Waals surface area contributed by atoms with Crippen molar-refractivity contribution in [3.05, 3.63) is 24.3 Å². The van der Waals surface area contributed by atoms with Gasteiger partial charge in [-0.15, -0.1) is 0 Å². The number of anilines is 2. The van der Waals surface area contributed by atoms with E-state index in [1.54, 1.807) is 0 Å². The molecule has 1 aromatic carbocycles. The Morgan fingerprint density at radius 1 is 1.10 bits per heavy atom. The van der Waals surface area contributed by atoms with E-state index in [9.17, 15) is 0 Å². The lowest BCUT2D eigenvalue weighted by molar-refractivity contribution is 0.199. The van der Waals surface area contributed by atoms with E-state index in [0.717, 1.165) is 35.7 Å². The quantitative estimate of drug-likeness (QED) is 0.871. The molecule has 0 radical (unpaired) electrons. The second kappa shape index (κ2) is 5.17. The average molecular weight is 284 g/mol. The fourth-order valence-corrected chi connectivity index (χ4v) is 3.28. The van der Waals surface area contributed by atoms with E-state index in [0.29, 0.717) is 11.4 Å². The lowest BCUT2D eigenvalue weighted by Crippen LogP contribution is -2.38. The molecular formula is C17H24N4. The Morgan fingerprint density at radius 3 is 2.43 bits per heavy atom. The van der Waals surface area contributed by atoms with E-state index in [4.69, 9.17) is 5.73 Å². The molecule has 0 amide bonds. The summed E-state index contributed by atoms with van der Waals surface area (Å²) < 4.78 is 0. The molecule has 4 heteroatoms. The van der Waals surface area contributed by atoms with E-state index in [2.05, 4.69) is 41.7 Å². The summed E-state index contributed by atoms with van der Waals surface area (Å²) >= 11 is 0. The smallest absolute Gasteiger partial charge is 0.222 e. The maximum absolute atomic E-state index is 5.88. The summed E-state index contributed by atoms with van der Waals surface area (Å²) in [5.74, 6) is 2.13. The number of nitrogens with zero attached hydrogens (tertiary/aromatic N) is 3. The van der Waals surface area contributed by atoms with Crippen molar-refractivity contribution in [2.75, 3.05) is 23.7 Å². The van der Waals surface area contributed by atoms with Crippen LogP contribution in [-0.2, 0) is 0 Å². The van der Waals surface area contributed by atoms with Crippen LogP contribution < -0.4 is 10.6 Å². The molecule has 0 aliphatic carbocycles. The van der Waals surface area contributed by atoms with Crippen molar-refractivity contribution in [3.63, 3.8) is 0 Å². The van der Waals surface area contributed by atoms with Gasteiger partial charge in [0.1, 0.15) is 5.82 Å². The second-order valence-corrected chi connectivity index (χ2v) is 7.05. The summed E-state index contributed by atoms with van der Waals surface area (Å²) in [6, 6.07) is 8.11. The molecule has 4 nitrogen and oxygen atoms in total. The number of hydrogen-bond donors (Lipinski definition) is 1. The Balaban J connectivity index is 1.89. The van der Waals surface area contributed by atoms with Gasteiger partial charge in [0.25, 0.3) is 0 Å². The van der Waals surface area contributed by atoms with Crippen molar-refractivity contribution < 1.29 is 0 Å². The number of nitrogens with two attached hydrogens (primary N) is 1. The molecule has 1 aliphatic heterocycles. The Bertz CT molecular complexity index is 637. The third-order valence-corrected chi connectivity index (χ3v) is 4.62. The van der Waals surface area contributed by atoms with Crippen LogP contribution in [0.5, 0.6) is 0 Å². The van der Waals surface area contributed by atoms with Crippen LogP contribution in [0.4, 0.5) is 11.8 Å². The van der Waals surface area contributed by atoms with Crippen LogP contribution in [0.3, 0.4) is 0 Å². The monoisotopic (exact) mass is 284 g/mol. The molecule has 2 N–H and O–H groups in total. The summed E-state index contributed by atoms with van der Waals surface area (Å²) in [4.78, 5) is 11.2. The Kier molecular flexibility index (Phi) is 3.47. The summed E-state index contributed by atoms with van der Waals surface area (Å²) in [7, 11) is 0. The van der Waals surface area contributed by atoms with E-state index >= 15 is 0 Å². The van der Waals surface area contributed by atoms with Crippen LogP contribution in [0, 0.1) is 11.3 Å². The standard InChI is InChI=1S/C17H24N4/c1-17(2,3)12-8-10-21(11-9-12)15-13-6-4-5-7-14(13)19-16(18)20-15/h4-7,12H,8-11H2,1-3H3,(H2,18,19,20). The number of rotatable bonds is 1. The van der Waals surface area contributed by atoms with Gasteiger partial charge in [0.2, 0.25) is 5.95 Å².